The third-order valence-electron chi connectivity index (χ3n) is 2.75. The van der Waals surface area contributed by atoms with Gasteiger partial charge in [0.15, 0.2) is 0 Å². The van der Waals surface area contributed by atoms with E-state index in [1.165, 1.54) is 6.21 Å². The summed E-state index contributed by atoms with van der Waals surface area (Å²) in [5.41, 5.74) is 2.83. The monoisotopic (exact) mass is 434 g/mol. The Morgan fingerprint density at radius 3 is 2.55 bits per heavy atom. The summed E-state index contributed by atoms with van der Waals surface area (Å²) in [5, 5.41) is 22.1. The number of phenols is 1. The first-order valence-corrected chi connectivity index (χ1v) is 8.20. The van der Waals surface area contributed by atoms with Crippen LogP contribution in [0.15, 0.2) is 26.2 Å². The Balaban J connectivity index is 2.36. The van der Waals surface area contributed by atoms with E-state index in [1.807, 2.05) is 0 Å². The van der Waals surface area contributed by atoms with Crippen molar-refractivity contribution in [3.63, 3.8) is 0 Å². The Hall–Kier alpha value is -1.41. The number of hydrogen-bond acceptors (Lipinski definition) is 4. The fourth-order valence-corrected chi connectivity index (χ4v) is 2.91. The van der Waals surface area contributed by atoms with Gasteiger partial charge in [-0.3, -0.25) is 9.59 Å². The Bertz CT molecular complexity index is 576. The molecule has 1 amide bonds. The number of benzene rings is 1. The highest BCUT2D eigenvalue weighted by Gasteiger charge is 2.06. The minimum Gasteiger partial charge on any atom is -0.506 e. The fraction of sp³-hybridized carbons (Fsp3) is 0.357. The number of carbonyl (C=O) groups excluding carboxylic acids is 1. The minimum absolute atomic E-state index is 0.0369. The fourth-order valence-electron chi connectivity index (χ4n) is 1.65. The third-order valence-corrected chi connectivity index (χ3v) is 3.81. The number of hydrogen-bond donors (Lipinski definition) is 3. The number of aliphatic carboxylic acids is 1. The van der Waals surface area contributed by atoms with Crippen LogP contribution in [0.2, 0.25) is 0 Å². The lowest BCUT2D eigenvalue weighted by atomic mass is 10.1. The van der Waals surface area contributed by atoms with Gasteiger partial charge in [0, 0.05) is 22.9 Å². The zero-order chi connectivity index (χ0) is 16.5. The maximum Gasteiger partial charge on any atom is 0.303 e. The number of carbonyl (C=O) groups is 2. The first kappa shape index (κ1) is 18.6. The number of halogens is 2. The van der Waals surface area contributed by atoms with Gasteiger partial charge in [-0.05, 0) is 40.9 Å². The first-order chi connectivity index (χ1) is 10.4. The van der Waals surface area contributed by atoms with Crippen LogP contribution in [0.5, 0.6) is 5.75 Å². The Morgan fingerprint density at radius 1 is 1.18 bits per heavy atom. The van der Waals surface area contributed by atoms with Gasteiger partial charge < -0.3 is 10.2 Å². The number of phenolic OH excluding ortho intramolecular Hbond substituents is 1. The molecule has 1 aromatic rings. The second-order valence-electron chi connectivity index (χ2n) is 4.57. The summed E-state index contributed by atoms with van der Waals surface area (Å²) in [5.74, 6) is -1.04. The molecule has 0 heterocycles. The van der Waals surface area contributed by atoms with Crippen molar-refractivity contribution < 1.29 is 19.8 Å². The molecule has 120 valence electrons. The predicted octanol–water partition coefficient (Wildman–Crippen LogP) is 3.40. The van der Waals surface area contributed by atoms with E-state index in [0.717, 1.165) is 4.47 Å². The maximum atomic E-state index is 11.5. The Kier molecular flexibility index (Phi) is 8.11. The molecule has 8 heteroatoms. The Morgan fingerprint density at radius 2 is 1.86 bits per heavy atom. The van der Waals surface area contributed by atoms with E-state index in [-0.39, 0.29) is 24.5 Å². The summed E-state index contributed by atoms with van der Waals surface area (Å²) < 4.78 is 1.29. The minimum atomic E-state index is -0.825. The molecule has 0 spiro atoms. The summed E-state index contributed by atoms with van der Waals surface area (Å²) in [6.07, 6.45) is 3.62. The smallest absolute Gasteiger partial charge is 0.303 e. The summed E-state index contributed by atoms with van der Waals surface area (Å²) in [4.78, 5) is 21.8. The number of hydrazone groups is 1. The van der Waals surface area contributed by atoms with Gasteiger partial charge in [0.25, 0.3) is 0 Å². The topological polar surface area (TPSA) is 99.0 Å². The number of carboxylic acids is 1. The highest BCUT2D eigenvalue weighted by atomic mass is 79.9. The van der Waals surface area contributed by atoms with Gasteiger partial charge in [-0.2, -0.15) is 5.10 Å². The van der Waals surface area contributed by atoms with Gasteiger partial charge in [-0.1, -0.05) is 22.4 Å². The zero-order valence-corrected chi connectivity index (χ0v) is 14.9. The van der Waals surface area contributed by atoms with E-state index in [2.05, 4.69) is 42.4 Å². The van der Waals surface area contributed by atoms with E-state index in [4.69, 9.17) is 5.11 Å². The van der Waals surface area contributed by atoms with Crippen molar-refractivity contribution in [2.24, 2.45) is 5.10 Å². The molecule has 0 aliphatic rings. The molecule has 0 saturated carbocycles. The molecule has 0 fully saturated rings. The number of aromatic hydroxyl groups is 1. The molecular formula is C14H16Br2N2O4. The molecule has 0 radical (unpaired) electrons. The second-order valence-corrected chi connectivity index (χ2v) is 6.34. The molecule has 0 aliphatic heterocycles. The van der Waals surface area contributed by atoms with Crippen molar-refractivity contribution in [3.8, 4) is 5.75 Å². The van der Waals surface area contributed by atoms with Crippen LogP contribution in [0.25, 0.3) is 0 Å². The highest BCUT2D eigenvalue weighted by molar-refractivity contribution is 9.11. The van der Waals surface area contributed by atoms with E-state index < -0.39 is 5.97 Å². The standard InChI is InChI=1S/C14H16Br2N2O4/c15-10-6-9(14(22)11(16)7-10)8-17-18-12(19)4-2-1-3-5-13(20)21/h6-8,22H,1-5H2,(H,18,19)(H,20,21)/b17-8+. The SMILES string of the molecule is O=C(O)CCCCCC(=O)N/N=C/c1cc(Br)cc(Br)c1O. The van der Waals surface area contributed by atoms with Crippen LogP contribution in [0, 0.1) is 0 Å². The van der Waals surface area contributed by atoms with Crippen LogP contribution in [0.1, 0.15) is 37.7 Å². The normalized spacial score (nSPS) is 10.8. The lowest BCUT2D eigenvalue weighted by molar-refractivity contribution is -0.137. The molecule has 3 N–H and O–H groups in total. The largest absolute Gasteiger partial charge is 0.506 e. The van der Waals surface area contributed by atoms with Gasteiger partial charge in [0.2, 0.25) is 5.91 Å². The highest BCUT2D eigenvalue weighted by Crippen LogP contribution is 2.30. The van der Waals surface area contributed by atoms with Crippen molar-refractivity contribution in [2.45, 2.75) is 32.1 Å². The predicted molar refractivity (Wildman–Crippen MR) is 90.0 cm³/mol. The summed E-state index contributed by atoms with van der Waals surface area (Å²) in [6, 6.07) is 3.37. The number of nitrogens with one attached hydrogen (secondary N) is 1. The quantitative estimate of drug-likeness (QED) is 0.331. The molecule has 0 unspecified atom stereocenters. The molecule has 0 bridgehead atoms. The van der Waals surface area contributed by atoms with E-state index in [1.54, 1.807) is 12.1 Å². The number of nitrogens with zero attached hydrogens (tertiary/aromatic N) is 1. The van der Waals surface area contributed by atoms with Crippen molar-refractivity contribution in [3.05, 3.63) is 26.6 Å². The summed E-state index contributed by atoms with van der Waals surface area (Å²) >= 11 is 6.50. The van der Waals surface area contributed by atoms with Crippen LogP contribution in [-0.4, -0.2) is 28.3 Å². The molecule has 0 aromatic heterocycles. The van der Waals surface area contributed by atoms with Gasteiger partial charge in [0.1, 0.15) is 5.75 Å². The number of amides is 1. The van der Waals surface area contributed by atoms with Crippen molar-refractivity contribution in [1.29, 1.82) is 0 Å². The third kappa shape index (κ3) is 7.04. The van der Waals surface area contributed by atoms with Gasteiger partial charge in [0.05, 0.1) is 10.7 Å². The van der Waals surface area contributed by atoms with Crippen LogP contribution < -0.4 is 5.43 Å². The van der Waals surface area contributed by atoms with Gasteiger partial charge >= 0.3 is 5.97 Å². The second kappa shape index (κ2) is 9.58. The van der Waals surface area contributed by atoms with E-state index in [0.29, 0.717) is 29.3 Å². The van der Waals surface area contributed by atoms with Crippen LogP contribution in [0.3, 0.4) is 0 Å². The van der Waals surface area contributed by atoms with E-state index in [9.17, 15) is 14.7 Å². The molecule has 0 atom stereocenters. The van der Waals surface area contributed by atoms with Crippen LogP contribution in [-0.2, 0) is 9.59 Å². The molecular weight excluding hydrogens is 420 g/mol. The van der Waals surface area contributed by atoms with Crippen molar-refractivity contribution >= 4 is 50.0 Å². The molecule has 1 aromatic carbocycles. The van der Waals surface area contributed by atoms with Crippen molar-refractivity contribution in [1.82, 2.24) is 5.43 Å². The molecule has 0 saturated heterocycles. The number of unbranched alkanes of at least 4 members (excludes halogenated alkanes) is 2. The average molecular weight is 436 g/mol. The number of rotatable bonds is 8. The lowest BCUT2D eigenvalue weighted by Gasteiger charge is -2.03. The zero-order valence-electron chi connectivity index (χ0n) is 11.7. The summed E-state index contributed by atoms with van der Waals surface area (Å²) in [7, 11) is 0. The average Bonchev–Trinajstić information content (AvgIpc) is 2.43. The van der Waals surface area contributed by atoms with E-state index >= 15 is 0 Å². The summed E-state index contributed by atoms with van der Waals surface area (Å²) in [6.45, 7) is 0. The van der Waals surface area contributed by atoms with Gasteiger partial charge in [-0.15, -0.1) is 0 Å². The number of carboxylic acid groups (broad SMARTS) is 1. The van der Waals surface area contributed by atoms with Crippen LogP contribution >= 0.6 is 31.9 Å². The lowest BCUT2D eigenvalue weighted by Crippen LogP contribution is -2.16. The molecule has 1 rings (SSSR count). The van der Waals surface area contributed by atoms with Crippen molar-refractivity contribution in [2.75, 3.05) is 0 Å². The molecule has 0 aliphatic carbocycles. The molecule has 6 nitrogen and oxygen atoms in total. The maximum absolute atomic E-state index is 11.5. The van der Waals surface area contributed by atoms with Gasteiger partial charge in [-0.25, -0.2) is 5.43 Å². The Labute approximate surface area is 144 Å². The first-order valence-electron chi connectivity index (χ1n) is 6.62. The van der Waals surface area contributed by atoms with Crippen LogP contribution in [0.4, 0.5) is 0 Å². The molecule has 22 heavy (non-hydrogen) atoms.